The Morgan fingerprint density at radius 1 is 1.11 bits per heavy atom. The molecule has 13 nitrogen and oxygen atoms in total. The summed E-state index contributed by atoms with van der Waals surface area (Å²) in [4.78, 5) is 22.3. The van der Waals surface area contributed by atoms with E-state index in [1.54, 1.807) is 42.6 Å². The number of Topliss-reactive ketones (excluding diaryl/α,β-unsaturated/α-hetero) is 1. The van der Waals surface area contributed by atoms with E-state index in [1.165, 1.54) is 12.2 Å². The van der Waals surface area contributed by atoms with Crippen LogP contribution in [0.2, 0.25) is 0 Å². The summed E-state index contributed by atoms with van der Waals surface area (Å²) in [5.41, 5.74) is 1.65. The molecule has 2 N–H and O–H groups in total. The Morgan fingerprint density at radius 3 is 2.11 bits per heavy atom. The predicted octanol–water partition coefficient (Wildman–Crippen LogP) is 8.32. The predicted molar refractivity (Wildman–Crippen MR) is 142 cm³/mol. The molecule has 3 rings (SSSR count). The van der Waals surface area contributed by atoms with Gasteiger partial charge in [0.2, 0.25) is 0 Å². The first-order valence-corrected chi connectivity index (χ1v) is 19.1. The van der Waals surface area contributed by atoms with Gasteiger partial charge in [-0.1, -0.05) is 32.1 Å². The highest BCUT2D eigenvalue weighted by Gasteiger charge is 2.36. The van der Waals surface area contributed by atoms with Gasteiger partial charge in [0.05, 0.1) is 12.2 Å². The van der Waals surface area contributed by atoms with Gasteiger partial charge in [0.15, 0.2) is 13.9 Å². The van der Waals surface area contributed by atoms with Gasteiger partial charge in [-0.25, -0.2) is 10.1 Å². The number of rotatable bonds is 10. The summed E-state index contributed by atoms with van der Waals surface area (Å²) in [6.45, 7) is 4.92. The molecule has 0 bridgehead atoms. The molecule has 2 heterocycles. The van der Waals surface area contributed by atoms with E-state index in [1.807, 2.05) is 35.2 Å². The summed E-state index contributed by atoms with van der Waals surface area (Å²) in [6.07, 6.45) is 1.56. The minimum atomic E-state index is -3.77. The SMILES string of the molecule is C/C=C(\C)C(=O)O.CC1C(=O)c2sccc2C1C.CP(P=O)P(=O)(OOOOOOO)P=O.c1ccsc1. The van der Waals surface area contributed by atoms with E-state index >= 15 is 0 Å². The van der Waals surface area contributed by atoms with Gasteiger partial charge in [-0.3, -0.25) is 18.5 Å². The first-order valence-electron chi connectivity index (χ1n) is 10.1. The van der Waals surface area contributed by atoms with Crippen molar-refractivity contribution in [3.05, 3.63) is 56.4 Å². The van der Waals surface area contributed by atoms with Crippen LogP contribution >= 0.6 is 53.0 Å². The summed E-state index contributed by atoms with van der Waals surface area (Å²) in [7, 11) is -3.09. The Morgan fingerprint density at radius 2 is 1.71 bits per heavy atom. The van der Waals surface area contributed by atoms with Crippen LogP contribution in [-0.2, 0) is 48.4 Å². The summed E-state index contributed by atoms with van der Waals surface area (Å²) in [6, 6.07) is 6.11. The van der Waals surface area contributed by atoms with E-state index in [-0.39, 0.29) is 5.92 Å². The summed E-state index contributed by atoms with van der Waals surface area (Å²) in [5, 5.41) is 38.5. The second kappa shape index (κ2) is 20.7. The number of thiophene rings is 2. The molecule has 0 fully saturated rings. The van der Waals surface area contributed by atoms with E-state index < -0.39 is 36.3 Å². The monoisotopic (exact) mass is 650 g/mol. The van der Waals surface area contributed by atoms with Crippen LogP contribution in [0, 0.1) is 5.92 Å². The smallest absolute Gasteiger partial charge is 0.350 e. The minimum Gasteiger partial charge on any atom is -0.478 e. The molecule has 1 aliphatic carbocycles. The van der Waals surface area contributed by atoms with Crippen molar-refractivity contribution < 1.29 is 63.5 Å². The van der Waals surface area contributed by atoms with Crippen molar-refractivity contribution in [3.8, 4) is 0 Å². The summed E-state index contributed by atoms with van der Waals surface area (Å²) < 4.78 is 36.3. The van der Waals surface area contributed by atoms with Crippen molar-refractivity contribution in [3.63, 3.8) is 0 Å². The van der Waals surface area contributed by atoms with E-state index in [2.05, 4.69) is 42.9 Å². The highest BCUT2D eigenvalue weighted by molar-refractivity contribution is 8.69. The van der Waals surface area contributed by atoms with Crippen LogP contribution in [0.25, 0.3) is 0 Å². The van der Waals surface area contributed by atoms with Crippen LogP contribution in [0.15, 0.2) is 46.0 Å². The Balaban J connectivity index is 0.000000517. The van der Waals surface area contributed by atoms with Crippen LogP contribution in [0.4, 0.5) is 0 Å². The van der Waals surface area contributed by atoms with Crippen LogP contribution in [-0.4, -0.2) is 28.8 Å². The fourth-order valence-electron chi connectivity index (χ4n) is 2.18. The molecular formula is C19H26O13P4S2. The zero-order chi connectivity index (χ0) is 29.1. The molecule has 0 radical (unpaired) electrons. The van der Waals surface area contributed by atoms with Gasteiger partial charge in [0.1, 0.15) is 0 Å². The molecule has 0 saturated carbocycles. The fourth-order valence-corrected chi connectivity index (χ4v) is 9.04. The second-order valence-electron chi connectivity index (χ2n) is 6.78. The Labute approximate surface area is 230 Å². The third-order valence-corrected chi connectivity index (χ3v) is 18.6. The summed E-state index contributed by atoms with van der Waals surface area (Å²) >= 11 is 3.29. The van der Waals surface area contributed by atoms with Crippen LogP contribution in [0.1, 0.15) is 48.8 Å². The average molecular weight is 650 g/mol. The van der Waals surface area contributed by atoms with Gasteiger partial charge < -0.3 is 5.11 Å². The van der Waals surface area contributed by atoms with E-state index in [9.17, 15) is 23.3 Å². The van der Waals surface area contributed by atoms with Crippen molar-refractivity contribution in [1.82, 2.24) is 0 Å². The van der Waals surface area contributed by atoms with Crippen molar-refractivity contribution >= 4 is 64.8 Å². The summed E-state index contributed by atoms with van der Waals surface area (Å²) in [5.74, 6) is 0.131. The molecule has 38 heavy (non-hydrogen) atoms. The zero-order valence-electron chi connectivity index (χ0n) is 20.7. The third kappa shape index (κ3) is 13.3. The fraction of sp³-hybridized carbons (Fsp3) is 0.368. The number of hydrogen-bond donors (Lipinski definition) is 2. The molecule has 4 unspecified atom stereocenters. The maximum absolute atomic E-state index is 11.5. The number of ketones is 1. The van der Waals surface area contributed by atoms with Crippen LogP contribution < -0.4 is 0 Å². The van der Waals surface area contributed by atoms with Gasteiger partial charge in [-0.15, -0.1) is 16.0 Å². The van der Waals surface area contributed by atoms with Crippen molar-refractivity contribution in [2.24, 2.45) is 5.92 Å². The highest BCUT2D eigenvalue weighted by Crippen LogP contribution is 2.86. The molecule has 212 valence electrons. The lowest BCUT2D eigenvalue weighted by Crippen LogP contribution is -2.06. The topological polar surface area (TPSA) is 181 Å². The number of fused-ring (bicyclic) bond motifs is 1. The molecule has 2 aromatic heterocycles. The highest BCUT2D eigenvalue weighted by atomic mass is 32.7. The van der Waals surface area contributed by atoms with Gasteiger partial charge in [0.25, 0.3) is 8.15 Å². The standard InChI is InChI=1S/C9H10OS.C5H8O2.C4H4S.CH4O10P4/c1-5-6(2)8(10)9-7(5)3-4-11-9;1-3-4(2)5(6)7;1-2-4-5-3-1;1-14(12-3)15(5,13-4)11-10-9-8-7-6-2/h3-6H,1-2H3;3H,1-2H3,(H,6,7);1-4H;2H,1H3/b;4-3+;;. The molecule has 0 amide bonds. The number of allylic oxidation sites excluding steroid dienone is 1. The van der Waals surface area contributed by atoms with Gasteiger partial charge in [-0.2, -0.15) is 11.3 Å². The Kier molecular flexibility index (Phi) is 20.1. The third-order valence-electron chi connectivity index (χ3n) is 4.60. The lowest BCUT2D eigenvalue weighted by molar-refractivity contribution is -0.779. The zero-order valence-corrected chi connectivity index (χ0v) is 25.9. The van der Waals surface area contributed by atoms with Gasteiger partial charge >= 0.3 is 12.7 Å². The number of hydrogen-bond acceptors (Lipinski definition) is 14. The lowest BCUT2D eigenvalue weighted by atomic mass is 9.97. The van der Waals surface area contributed by atoms with E-state index in [4.69, 9.17) is 10.4 Å². The quantitative estimate of drug-likeness (QED) is 0.0824. The molecule has 1 aliphatic rings. The normalized spacial score (nSPS) is 18.6. The molecule has 2 aromatic rings. The maximum atomic E-state index is 11.5. The number of aliphatic carboxylic acids is 1. The molecule has 19 heteroatoms. The molecule has 4 atom stereocenters. The molecule has 0 aromatic carbocycles. The van der Waals surface area contributed by atoms with Crippen LogP contribution in [0.5, 0.6) is 0 Å². The Hall–Kier alpha value is -1.14. The first kappa shape index (κ1) is 36.9. The minimum absolute atomic E-state index is 0.206. The van der Waals surface area contributed by atoms with Gasteiger partial charge in [-0.05, 0) is 79.4 Å². The van der Waals surface area contributed by atoms with Crippen molar-refractivity contribution in [2.75, 3.05) is 6.66 Å². The largest absolute Gasteiger partial charge is 0.478 e. The molecule has 0 saturated heterocycles. The molecular weight excluding hydrogens is 624 g/mol. The molecule has 0 aliphatic heterocycles. The Bertz CT molecular complexity index is 1040. The lowest BCUT2D eigenvalue weighted by Gasteiger charge is -2.08. The van der Waals surface area contributed by atoms with Crippen LogP contribution in [0.3, 0.4) is 0 Å². The number of carbonyl (C=O) groups is 2. The number of carboxylic acids is 1. The second-order valence-corrected chi connectivity index (χ2v) is 20.6. The van der Waals surface area contributed by atoms with Crippen molar-refractivity contribution in [1.29, 1.82) is 0 Å². The number of carbonyl (C=O) groups excluding carboxylic acids is 1. The molecule has 0 spiro atoms. The van der Waals surface area contributed by atoms with E-state index in [0.717, 1.165) is 4.88 Å². The average Bonchev–Trinajstić information content (AvgIpc) is 3.69. The number of carboxylic acid groups (broad SMARTS) is 1. The van der Waals surface area contributed by atoms with Crippen molar-refractivity contribution in [2.45, 2.75) is 33.6 Å². The van der Waals surface area contributed by atoms with E-state index in [0.29, 0.717) is 17.3 Å². The first-order chi connectivity index (χ1) is 18.0. The van der Waals surface area contributed by atoms with Gasteiger partial charge in [0, 0.05) is 11.5 Å². The maximum Gasteiger partial charge on any atom is 0.350 e.